The van der Waals surface area contributed by atoms with Crippen LogP contribution in [0, 0.1) is 6.92 Å². The molecule has 3 rings (SSSR count). The number of hydrogen-bond donors (Lipinski definition) is 1. The van der Waals surface area contributed by atoms with Crippen LogP contribution in [0.25, 0.3) is 0 Å². The molecule has 0 spiro atoms. The average molecular weight is 484 g/mol. The van der Waals surface area contributed by atoms with E-state index in [1.165, 1.54) is 7.11 Å². The lowest BCUT2D eigenvalue weighted by Crippen LogP contribution is -2.21. The molecule has 34 heavy (non-hydrogen) atoms. The number of benzene rings is 2. The maximum Gasteiger partial charge on any atom is 0.349 e. The molecular formula is C25H25NO7S. The van der Waals surface area contributed by atoms with E-state index in [-0.39, 0.29) is 35.3 Å². The molecule has 3 aromatic rings. The Morgan fingerprint density at radius 1 is 0.912 bits per heavy atom. The molecule has 1 N–H and O–H groups in total. The summed E-state index contributed by atoms with van der Waals surface area (Å²) in [5.41, 5.74) is 1.32. The summed E-state index contributed by atoms with van der Waals surface area (Å²) in [6.45, 7) is 3.19. The highest BCUT2D eigenvalue weighted by Gasteiger charge is 2.27. The molecule has 0 atom stereocenters. The Morgan fingerprint density at radius 3 is 2.26 bits per heavy atom. The molecule has 0 fully saturated rings. The summed E-state index contributed by atoms with van der Waals surface area (Å²) in [6, 6.07) is 16.2. The quantitative estimate of drug-likeness (QED) is 0.420. The number of hydrogen-bond acceptors (Lipinski definition) is 8. The molecule has 0 saturated carbocycles. The molecule has 8 nitrogen and oxygen atoms in total. The van der Waals surface area contributed by atoms with Crippen LogP contribution in [0.15, 0.2) is 54.6 Å². The van der Waals surface area contributed by atoms with Gasteiger partial charge in [-0.1, -0.05) is 42.5 Å². The first kappa shape index (κ1) is 24.8. The second-order valence-electron chi connectivity index (χ2n) is 7.03. The van der Waals surface area contributed by atoms with E-state index >= 15 is 0 Å². The molecule has 0 aliphatic carbocycles. The lowest BCUT2D eigenvalue weighted by molar-refractivity contribution is -0.118. The van der Waals surface area contributed by atoms with E-state index in [4.69, 9.17) is 18.9 Å². The normalized spacial score (nSPS) is 10.3. The first-order valence-electron chi connectivity index (χ1n) is 10.5. The van der Waals surface area contributed by atoms with Gasteiger partial charge in [-0.05, 0) is 37.1 Å². The van der Waals surface area contributed by atoms with Gasteiger partial charge in [-0.25, -0.2) is 9.59 Å². The molecule has 0 bridgehead atoms. The van der Waals surface area contributed by atoms with E-state index in [9.17, 15) is 14.4 Å². The van der Waals surface area contributed by atoms with Crippen molar-refractivity contribution in [3.63, 3.8) is 0 Å². The largest absolute Gasteiger partial charge is 0.493 e. The molecule has 1 aromatic heterocycles. The fourth-order valence-corrected chi connectivity index (χ4v) is 4.18. The highest BCUT2D eigenvalue weighted by molar-refractivity contribution is 7.18. The smallest absolute Gasteiger partial charge is 0.349 e. The minimum Gasteiger partial charge on any atom is -0.493 e. The second kappa shape index (κ2) is 11.9. The number of anilines is 1. The number of ether oxygens (including phenoxy) is 4. The molecule has 1 amide bonds. The zero-order chi connectivity index (χ0) is 24.5. The SMILES string of the molecule is CCOC(=O)c1c(NC(=O)COc2ccccc2OC)sc(C(=O)OCc2ccccc2)c1C. The average Bonchev–Trinajstić information content (AvgIpc) is 3.17. The van der Waals surface area contributed by atoms with E-state index in [0.717, 1.165) is 16.9 Å². The van der Waals surface area contributed by atoms with Crippen molar-refractivity contribution in [2.75, 3.05) is 25.6 Å². The number of methoxy groups -OCH3 is 1. The third kappa shape index (κ3) is 6.14. The van der Waals surface area contributed by atoms with Gasteiger partial charge in [0.25, 0.3) is 5.91 Å². The van der Waals surface area contributed by atoms with Crippen LogP contribution in [0.5, 0.6) is 11.5 Å². The third-order valence-corrected chi connectivity index (χ3v) is 5.89. The molecule has 0 saturated heterocycles. The van der Waals surface area contributed by atoms with Gasteiger partial charge in [-0.15, -0.1) is 11.3 Å². The standard InChI is InChI=1S/C25H25NO7S/c1-4-31-24(28)21-16(2)22(25(29)33-14-17-10-6-5-7-11-17)34-23(21)26-20(27)15-32-19-13-9-8-12-18(19)30-3/h5-13H,4,14-15H2,1-3H3,(H,26,27). The van der Waals surface area contributed by atoms with Crippen molar-refractivity contribution >= 4 is 34.2 Å². The zero-order valence-electron chi connectivity index (χ0n) is 19.1. The van der Waals surface area contributed by atoms with Crippen LogP contribution in [0.4, 0.5) is 5.00 Å². The van der Waals surface area contributed by atoms with Crippen molar-refractivity contribution in [3.8, 4) is 11.5 Å². The molecule has 0 aliphatic heterocycles. The van der Waals surface area contributed by atoms with E-state index in [1.807, 2.05) is 30.3 Å². The zero-order valence-corrected chi connectivity index (χ0v) is 19.9. The molecule has 0 unspecified atom stereocenters. The Balaban J connectivity index is 1.76. The number of amides is 1. The predicted octanol–water partition coefficient (Wildman–Crippen LogP) is 4.62. The van der Waals surface area contributed by atoms with E-state index in [2.05, 4.69) is 5.32 Å². The van der Waals surface area contributed by atoms with Gasteiger partial charge in [0.2, 0.25) is 0 Å². The Bertz CT molecular complexity index is 1160. The van der Waals surface area contributed by atoms with Crippen LogP contribution in [0.2, 0.25) is 0 Å². The first-order chi connectivity index (χ1) is 16.4. The topological polar surface area (TPSA) is 100 Å². The lowest BCUT2D eigenvalue weighted by Gasteiger charge is -2.10. The van der Waals surface area contributed by atoms with Crippen molar-refractivity contribution in [1.29, 1.82) is 0 Å². The molecule has 178 valence electrons. The van der Waals surface area contributed by atoms with Crippen molar-refractivity contribution in [1.82, 2.24) is 0 Å². The van der Waals surface area contributed by atoms with E-state index in [0.29, 0.717) is 17.1 Å². The van der Waals surface area contributed by atoms with Gasteiger partial charge < -0.3 is 24.3 Å². The summed E-state index contributed by atoms with van der Waals surface area (Å²) >= 11 is 0.954. The fraction of sp³-hybridized carbons (Fsp3) is 0.240. The Labute approximate surface area is 201 Å². The minimum atomic E-state index is -0.640. The number of rotatable bonds is 10. The van der Waals surface area contributed by atoms with Crippen LogP contribution in [0.3, 0.4) is 0 Å². The number of thiophene rings is 1. The number of nitrogens with one attached hydrogen (secondary N) is 1. The maximum absolute atomic E-state index is 12.7. The number of carbonyl (C=O) groups excluding carboxylic acids is 3. The summed E-state index contributed by atoms with van der Waals surface area (Å²) in [7, 11) is 1.50. The Kier molecular flexibility index (Phi) is 8.64. The number of para-hydroxylation sites is 2. The maximum atomic E-state index is 12.7. The number of carbonyl (C=O) groups is 3. The van der Waals surface area contributed by atoms with Crippen LogP contribution >= 0.6 is 11.3 Å². The Morgan fingerprint density at radius 2 is 1.59 bits per heavy atom. The first-order valence-corrected chi connectivity index (χ1v) is 11.3. The summed E-state index contributed by atoms with van der Waals surface area (Å²) in [5.74, 6) is -0.861. The summed E-state index contributed by atoms with van der Waals surface area (Å²) in [4.78, 5) is 38.1. The lowest BCUT2D eigenvalue weighted by atomic mass is 10.1. The fourth-order valence-electron chi connectivity index (χ4n) is 3.08. The molecule has 2 aromatic carbocycles. The van der Waals surface area contributed by atoms with E-state index < -0.39 is 17.8 Å². The summed E-state index contributed by atoms with van der Waals surface area (Å²) < 4.78 is 21.3. The highest BCUT2D eigenvalue weighted by Crippen LogP contribution is 2.34. The van der Waals surface area contributed by atoms with Gasteiger partial charge in [0, 0.05) is 0 Å². The summed E-state index contributed by atoms with van der Waals surface area (Å²) in [5, 5.41) is 2.84. The van der Waals surface area contributed by atoms with Gasteiger partial charge >= 0.3 is 11.9 Å². The van der Waals surface area contributed by atoms with Crippen molar-refractivity contribution in [3.05, 3.63) is 76.2 Å². The third-order valence-electron chi connectivity index (χ3n) is 4.71. The van der Waals surface area contributed by atoms with Crippen molar-refractivity contribution in [2.24, 2.45) is 0 Å². The molecule has 0 aliphatic rings. The molecule has 0 radical (unpaired) electrons. The van der Waals surface area contributed by atoms with E-state index in [1.54, 1.807) is 38.1 Å². The van der Waals surface area contributed by atoms with Gasteiger partial charge in [-0.2, -0.15) is 0 Å². The van der Waals surface area contributed by atoms with Gasteiger partial charge in [0.05, 0.1) is 19.3 Å². The minimum absolute atomic E-state index is 0.0835. The highest BCUT2D eigenvalue weighted by atomic mass is 32.1. The van der Waals surface area contributed by atoms with Crippen LogP contribution < -0.4 is 14.8 Å². The predicted molar refractivity (Wildman–Crippen MR) is 128 cm³/mol. The van der Waals surface area contributed by atoms with Crippen LogP contribution in [-0.2, 0) is 20.9 Å². The van der Waals surface area contributed by atoms with Crippen LogP contribution in [0.1, 0.15) is 38.1 Å². The van der Waals surface area contributed by atoms with Gasteiger partial charge in [0.1, 0.15) is 16.5 Å². The number of esters is 2. The van der Waals surface area contributed by atoms with Gasteiger partial charge in [0.15, 0.2) is 18.1 Å². The van der Waals surface area contributed by atoms with Crippen molar-refractivity contribution < 1.29 is 33.3 Å². The molecule has 1 heterocycles. The van der Waals surface area contributed by atoms with Crippen molar-refractivity contribution in [2.45, 2.75) is 20.5 Å². The second-order valence-corrected chi connectivity index (χ2v) is 8.05. The molecular weight excluding hydrogens is 458 g/mol. The van der Waals surface area contributed by atoms with Crippen LogP contribution in [-0.4, -0.2) is 38.2 Å². The van der Waals surface area contributed by atoms with Gasteiger partial charge in [-0.3, -0.25) is 4.79 Å². The Hall–Kier alpha value is -3.85. The molecule has 9 heteroatoms. The monoisotopic (exact) mass is 483 g/mol. The summed E-state index contributed by atoms with van der Waals surface area (Å²) in [6.07, 6.45) is 0.